The molecule has 0 aliphatic heterocycles. The van der Waals surface area contributed by atoms with Crippen molar-refractivity contribution in [2.45, 2.75) is 96.8 Å². The van der Waals surface area contributed by atoms with Crippen molar-refractivity contribution in [3.8, 4) is 0 Å². The van der Waals surface area contributed by atoms with Crippen molar-refractivity contribution in [2.24, 2.45) is 12.0 Å². The van der Waals surface area contributed by atoms with Crippen molar-refractivity contribution in [1.82, 2.24) is 30.0 Å². The van der Waals surface area contributed by atoms with E-state index in [0.29, 0.717) is 0 Å². The monoisotopic (exact) mass is 513 g/mol. The quantitative estimate of drug-likeness (QED) is 0.0812. The largest absolute Gasteiger partial charge is 0.248 e. The number of rotatable bonds is 17. The molecule has 0 spiro atoms. The van der Waals surface area contributed by atoms with Gasteiger partial charge in [0, 0.05) is 18.3 Å². The van der Waals surface area contributed by atoms with Gasteiger partial charge in [0.1, 0.15) is 17.4 Å². The smallest absolute Gasteiger partial charge is 0.120 e. The summed E-state index contributed by atoms with van der Waals surface area (Å²) in [5.41, 5.74) is 5.80. The molecule has 0 unspecified atom stereocenters. The number of benzene rings is 2. The molecule has 2 aromatic carbocycles. The van der Waals surface area contributed by atoms with Crippen LogP contribution in [0.2, 0.25) is 0 Å². The average Bonchev–Trinajstić information content (AvgIpc) is 3.53. The lowest BCUT2D eigenvalue weighted by Crippen LogP contribution is -1.98. The minimum Gasteiger partial charge on any atom is -0.248 e. The third kappa shape index (κ3) is 8.07. The number of unbranched alkanes of at least 4 members (excludes halogenated alkanes) is 12. The van der Waals surface area contributed by atoms with Gasteiger partial charge in [0.05, 0.1) is 11.0 Å². The van der Waals surface area contributed by atoms with Gasteiger partial charge in [0.15, 0.2) is 0 Å². The second-order valence-corrected chi connectivity index (χ2v) is 10.3. The molecule has 0 fully saturated rings. The van der Waals surface area contributed by atoms with Crippen LogP contribution >= 0.6 is 0 Å². The zero-order valence-corrected chi connectivity index (χ0v) is 23.2. The molecule has 0 saturated heterocycles. The molecule has 0 aliphatic carbocycles. The summed E-state index contributed by atoms with van der Waals surface area (Å²) < 4.78 is 3.56. The zero-order chi connectivity index (χ0) is 26.4. The van der Waals surface area contributed by atoms with E-state index in [1.165, 1.54) is 77.0 Å². The van der Waals surface area contributed by atoms with E-state index in [-0.39, 0.29) is 0 Å². The first kappa shape index (κ1) is 27.7. The number of hydrogen-bond acceptors (Lipinski definition) is 5. The van der Waals surface area contributed by atoms with Crippen LogP contribution in [0.5, 0.6) is 0 Å². The van der Waals surface area contributed by atoms with Crippen LogP contribution in [0.4, 0.5) is 0 Å². The fourth-order valence-corrected chi connectivity index (χ4v) is 4.97. The molecule has 2 aromatic heterocycles. The Labute approximate surface area is 227 Å². The van der Waals surface area contributed by atoms with E-state index in [1.807, 2.05) is 42.1 Å². The van der Waals surface area contributed by atoms with Crippen LogP contribution in [0.25, 0.3) is 28.1 Å². The summed E-state index contributed by atoms with van der Waals surface area (Å²) in [6.07, 6.45) is 22.4. The van der Waals surface area contributed by atoms with Gasteiger partial charge < -0.3 is 0 Å². The maximum absolute atomic E-state index is 4.86. The summed E-state index contributed by atoms with van der Waals surface area (Å²) in [5, 5.41) is 17.1. The van der Waals surface area contributed by atoms with Crippen LogP contribution < -0.4 is 0 Å². The van der Waals surface area contributed by atoms with Crippen LogP contribution in [0, 0.1) is 0 Å². The van der Waals surface area contributed by atoms with Gasteiger partial charge in [-0.1, -0.05) is 119 Å². The lowest BCUT2D eigenvalue weighted by atomic mass is 10.0. The second-order valence-electron chi connectivity index (χ2n) is 10.3. The van der Waals surface area contributed by atoms with Crippen molar-refractivity contribution >= 4 is 34.5 Å². The van der Waals surface area contributed by atoms with Gasteiger partial charge in [-0.15, -0.1) is 10.2 Å². The molecule has 2 heterocycles. The average molecular weight is 514 g/mol. The first-order valence-corrected chi connectivity index (χ1v) is 14.6. The summed E-state index contributed by atoms with van der Waals surface area (Å²) in [5.74, 6) is 0. The molecular formula is C31H43N7. The van der Waals surface area contributed by atoms with Gasteiger partial charge in [-0.2, -0.15) is 0 Å². The number of para-hydroxylation sites is 1. The molecule has 0 atom stereocenters. The third-order valence-electron chi connectivity index (χ3n) is 7.24. The Balaban J connectivity index is 1.30. The molecule has 0 amide bonds. The Morgan fingerprint density at radius 1 is 0.737 bits per heavy atom. The summed E-state index contributed by atoms with van der Waals surface area (Å²) in [4.78, 5) is 4.86. The third-order valence-corrected chi connectivity index (χ3v) is 7.24. The summed E-state index contributed by atoms with van der Waals surface area (Å²) in [6, 6.07) is 14.1. The zero-order valence-electron chi connectivity index (χ0n) is 23.2. The number of fused-ring (bicyclic) bond motifs is 2. The standard InChI is InChI=1S/C31H43N7/c1-3-4-5-6-7-8-9-10-11-12-13-14-15-20-27(24-26-19-18-23-30-31(26)34-35-37(30)2)32-25-38-29-22-17-16-21-28(29)33-36-38/h16-19,21-25H,3-15,20H2,1-2H3. The van der Waals surface area contributed by atoms with Gasteiger partial charge in [-0.3, -0.25) is 0 Å². The number of nitrogens with zero attached hydrogens (tertiary/aromatic N) is 7. The Bertz CT molecular complexity index is 1310. The number of aromatic nitrogens is 6. The molecule has 7 nitrogen and oxygen atoms in total. The molecule has 38 heavy (non-hydrogen) atoms. The maximum Gasteiger partial charge on any atom is 0.120 e. The highest BCUT2D eigenvalue weighted by atomic mass is 15.4. The van der Waals surface area contributed by atoms with Crippen molar-refractivity contribution in [1.29, 1.82) is 0 Å². The number of aryl methyl sites for hydroxylation is 1. The maximum atomic E-state index is 4.86. The van der Waals surface area contributed by atoms with Crippen LogP contribution in [0.1, 0.15) is 102 Å². The molecular weight excluding hydrogens is 470 g/mol. The topological polar surface area (TPSA) is 73.8 Å². The molecule has 7 heteroatoms. The van der Waals surface area contributed by atoms with Gasteiger partial charge in [-0.25, -0.2) is 14.4 Å². The molecule has 0 N–H and O–H groups in total. The highest BCUT2D eigenvalue weighted by molar-refractivity contribution is 5.85. The van der Waals surface area contributed by atoms with E-state index in [2.05, 4.69) is 45.8 Å². The van der Waals surface area contributed by atoms with Crippen molar-refractivity contribution in [3.05, 3.63) is 53.7 Å². The van der Waals surface area contributed by atoms with Gasteiger partial charge >= 0.3 is 0 Å². The molecule has 0 aliphatic rings. The summed E-state index contributed by atoms with van der Waals surface area (Å²) >= 11 is 0. The summed E-state index contributed by atoms with van der Waals surface area (Å²) in [6.45, 7) is 2.28. The van der Waals surface area contributed by atoms with Crippen molar-refractivity contribution in [2.75, 3.05) is 0 Å². The second kappa shape index (κ2) is 15.2. The number of aliphatic imine (C=N–C) groups is 1. The van der Waals surface area contributed by atoms with Gasteiger partial charge in [0.2, 0.25) is 0 Å². The number of hydrogen-bond donors (Lipinski definition) is 0. The predicted molar refractivity (Wildman–Crippen MR) is 158 cm³/mol. The van der Waals surface area contributed by atoms with E-state index in [0.717, 1.165) is 46.2 Å². The van der Waals surface area contributed by atoms with Crippen molar-refractivity contribution < 1.29 is 0 Å². The fourth-order valence-electron chi connectivity index (χ4n) is 4.97. The Morgan fingerprint density at radius 2 is 1.39 bits per heavy atom. The molecule has 0 saturated carbocycles. The van der Waals surface area contributed by atoms with E-state index in [1.54, 1.807) is 11.0 Å². The molecule has 0 bridgehead atoms. The van der Waals surface area contributed by atoms with Crippen LogP contribution in [-0.2, 0) is 7.05 Å². The van der Waals surface area contributed by atoms with Crippen LogP contribution in [-0.4, -0.2) is 36.3 Å². The van der Waals surface area contributed by atoms with Crippen LogP contribution in [0.3, 0.4) is 0 Å². The lowest BCUT2D eigenvalue weighted by Gasteiger charge is -2.05. The van der Waals surface area contributed by atoms with E-state index < -0.39 is 0 Å². The molecule has 202 valence electrons. The fraction of sp³-hybridized carbons (Fsp3) is 0.516. The first-order valence-electron chi connectivity index (χ1n) is 14.6. The highest BCUT2D eigenvalue weighted by Gasteiger charge is 2.07. The highest BCUT2D eigenvalue weighted by Crippen LogP contribution is 2.22. The minimum absolute atomic E-state index is 0.866. The molecule has 0 radical (unpaired) electrons. The van der Waals surface area contributed by atoms with Crippen LogP contribution in [0.15, 0.2) is 53.2 Å². The molecule has 4 aromatic rings. The van der Waals surface area contributed by atoms with Crippen molar-refractivity contribution in [3.63, 3.8) is 0 Å². The lowest BCUT2D eigenvalue weighted by molar-refractivity contribution is 0.539. The Hall–Kier alpha value is -3.35. The summed E-state index contributed by atoms with van der Waals surface area (Å²) in [7, 11) is 1.92. The predicted octanol–water partition coefficient (Wildman–Crippen LogP) is 8.11. The Kier molecular flexibility index (Phi) is 11.0. The molecule has 4 rings (SSSR count). The Morgan fingerprint density at radius 3 is 2.13 bits per heavy atom. The first-order chi connectivity index (χ1) is 18.8. The van der Waals surface area contributed by atoms with Gasteiger partial charge in [0.25, 0.3) is 0 Å². The van der Waals surface area contributed by atoms with Gasteiger partial charge in [-0.05, 0) is 37.1 Å². The minimum atomic E-state index is 0.866. The van der Waals surface area contributed by atoms with E-state index in [4.69, 9.17) is 4.99 Å². The van der Waals surface area contributed by atoms with E-state index >= 15 is 0 Å². The van der Waals surface area contributed by atoms with E-state index in [9.17, 15) is 0 Å². The normalized spacial score (nSPS) is 12.4. The number of allylic oxidation sites excluding steroid dienone is 1. The SMILES string of the molecule is CCCCCCCCCCCCCCCC(=Cc1cccc2c1nnn2C)N=Cn1nnc2ccccc21.